The van der Waals surface area contributed by atoms with Crippen LogP contribution in [0.4, 0.5) is 0 Å². The number of allylic oxidation sites excluding steroid dienone is 1. The number of carboxylic acids is 1. The van der Waals surface area contributed by atoms with Gasteiger partial charge in [-0.3, -0.25) is 24.0 Å². The van der Waals surface area contributed by atoms with Crippen molar-refractivity contribution in [2.45, 2.75) is 77.5 Å². The molecule has 6 N–H and O–H groups in total. The van der Waals surface area contributed by atoms with Gasteiger partial charge in [0, 0.05) is 18.9 Å². The summed E-state index contributed by atoms with van der Waals surface area (Å²) in [6, 6.07) is 2.62. The molecule has 0 aliphatic carbocycles. The van der Waals surface area contributed by atoms with Crippen LogP contribution in [0.2, 0.25) is 0 Å². The summed E-state index contributed by atoms with van der Waals surface area (Å²) in [6.07, 6.45) is 3.97. The molecular formula is C27H38N4O7. The molecule has 1 unspecified atom stereocenters. The molecule has 11 heteroatoms. The summed E-state index contributed by atoms with van der Waals surface area (Å²) < 4.78 is 0. The number of amides is 4. The number of carbonyl (C=O) groups excluding carboxylic acids is 4. The van der Waals surface area contributed by atoms with Crippen LogP contribution in [0, 0.1) is 11.8 Å². The van der Waals surface area contributed by atoms with E-state index in [2.05, 4.69) is 21.3 Å². The monoisotopic (exact) mass is 530 g/mol. The average Bonchev–Trinajstić information content (AvgIpc) is 2.85. The molecule has 1 aromatic carbocycles. The van der Waals surface area contributed by atoms with Gasteiger partial charge in [0.25, 0.3) is 0 Å². The van der Waals surface area contributed by atoms with E-state index in [0.29, 0.717) is 12.0 Å². The lowest BCUT2D eigenvalue weighted by atomic mass is 9.94. The van der Waals surface area contributed by atoms with E-state index in [1.165, 1.54) is 19.1 Å². The maximum absolute atomic E-state index is 13.4. The normalized spacial score (nSPS) is 25.4. The molecule has 1 aliphatic rings. The minimum atomic E-state index is -1.03. The van der Waals surface area contributed by atoms with Gasteiger partial charge in [0.15, 0.2) is 0 Å². The Balaban J connectivity index is 2.39. The maximum atomic E-state index is 13.4. The number of hydrogen-bond donors (Lipinski definition) is 6. The van der Waals surface area contributed by atoms with Crippen molar-refractivity contribution in [3.8, 4) is 5.75 Å². The third-order valence-electron chi connectivity index (χ3n) is 6.43. The van der Waals surface area contributed by atoms with Gasteiger partial charge in [0.2, 0.25) is 23.6 Å². The zero-order chi connectivity index (χ0) is 28.4. The minimum Gasteiger partial charge on any atom is -0.508 e. The fourth-order valence-electron chi connectivity index (χ4n) is 3.98. The summed E-state index contributed by atoms with van der Waals surface area (Å²) >= 11 is 0. The number of benzene rings is 1. The van der Waals surface area contributed by atoms with Crippen molar-refractivity contribution in [3.05, 3.63) is 42.0 Å². The molecule has 0 bridgehead atoms. The number of carbonyl (C=O) groups is 5. The Hall–Kier alpha value is -3.89. The first-order valence-electron chi connectivity index (χ1n) is 12.7. The van der Waals surface area contributed by atoms with Gasteiger partial charge in [-0.15, -0.1) is 0 Å². The Morgan fingerprint density at radius 3 is 2.16 bits per heavy atom. The molecule has 1 aliphatic heterocycles. The van der Waals surface area contributed by atoms with Gasteiger partial charge < -0.3 is 31.5 Å². The zero-order valence-corrected chi connectivity index (χ0v) is 22.2. The summed E-state index contributed by atoms with van der Waals surface area (Å²) in [5.41, 5.74) is 0.681. The van der Waals surface area contributed by atoms with E-state index in [1.54, 1.807) is 45.1 Å². The Morgan fingerprint density at radius 2 is 1.55 bits per heavy atom. The van der Waals surface area contributed by atoms with Gasteiger partial charge in [-0.25, -0.2) is 0 Å². The molecule has 1 aromatic rings. The standard InChI is InChI=1S/C27H38N4O7/c1-15(2)23-27(38)28-17(4)25(36)30-21(14-18-10-12-19(32)13-11-18)26(37)29-20(16(3)24(35)31-23)8-6-5-7-9-22(33)34/h5-6,10-13,15-17,20-21,23,32H,7-9,14H2,1-4H3,(H,28,38)(H,29,37)(H,30,36)(H,31,35)(H,33,34)/b6-5-/t16-,17+,20+,21+,23?/m0/s1. The third kappa shape index (κ3) is 9.20. The van der Waals surface area contributed by atoms with Crippen molar-refractivity contribution in [2.75, 3.05) is 0 Å². The summed E-state index contributed by atoms with van der Waals surface area (Å²) in [6.45, 7) is 6.68. The predicted octanol–water partition coefficient (Wildman–Crippen LogP) is 1.01. The van der Waals surface area contributed by atoms with Crippen LogP contribution in [0.25, 0.3) is 0 Å². The molecule has 0 spiro atoms. The summed E-state index contributed by atoms with van der Waals surface area (Å²) in [5, 5.41) is 29.4. The quantitative estimate of drug-likeness (QED) is 0.272. The van der Waals surface area contributed by atoms with Crippen LogP contribution >= 0.6 is 0 Å². The number of hydrogen-bond acceptors (Lipinski definition) is 6. The highest BCUT2D eigenvalue weighted by Crippen LogP contribution is 2.15. The van der Waals surface area contributed by atoms with Gasteiger partial charge in [-0.05, 0) is 43.4 Å². The number of carboxylic acid groups (broad SMARTS) is 1. The molecule has 0 radical (unpaired) electrons. The fraction of sp³-hybridized carbons (Fsp3) is 0.519. The molecular weight excluding hydrogens is 492 g/mol. The molecule has 2 rings (SSSR count). The molecule has 1 fully saturated rings. The number of nitrogens with one attached hydrogen (secondary N) is 4. The van der Waals surface area contributed by atoms with E-state index in [-0.39, 0.29) is 30.9 Å². The molecule has 1 heterocycles. The zero-order valence-electron chi connectivity index (χ0n) is 22.2. The second-order valence-electron chi connectivity index (χ2n) is 9.94. The predicted molar refractivity (Wildman–Crippen MR) is 140 cm³/mol. The topological polar surface area (TPSA) is 174 Å². The first kappa shape index (κ1) is 30.3. The van der Waals surface area contributed by atoms with Crippen LogP contribution < -0.4 is 21.3 Å². The maximum Gasteiger partial charge on any atom is 0.303 e. The van der Waals surface area contributed by atoms with Crippen LogP contribution in [0.1, 0.15) is 52.5 Å². The summed E-state index contributed by atoms with van der Waals surface area (Å²) in [4.78, 5) is 63.3. The number of aliphatic carboxylic acids is 1. The fourth-order valence-corrected chi connectivity index (χ4v) is 3.98. The summed E-state index contributed by atoms with van der Waals surface area (Å²) in [7, 11) is 0. The Labute approximate surface area is 222 Å². The number of rotatable bonds is 8. The molecule has 38 heavy (non-hydrogen) atoms. The Morgan fingerprint density at radius 1 is 0.895 bits per heavy atom. The molecule has 5 atom stereocenters. The second-order valence-corrected chi connectivity index (χ2v) is 9.94. The lowest BCUT2D eigenvalue weighted by Gasteiger charge is -2.28. The Kier molecular flexibility index (Phi) is 11.3. The molecule has 4 amide bonds. The highest BCUT2D eigenvalue weighted by atomic mass is 16.4. The molecule has 1 saturated heterocycles. The first-order chi connectivity index (χ1) is 17.9. The van der Waals surface area contributed by atoms with Gasteiger partial charge in [0.1, 0.15) is 23.9 Å². The van der Waals surface area contributed by atoms with Crippen molar-refractivity contribution in [3.63, 3.8) is 0 Å². The van der Waals surface area contributed by atoms with E-state index >= 15 is 0 Å². The van der Waals surface area contributed by atoms with Crippen molar-refractivity contribution < 1.29 is 34.2 Å². The lowest BCUT2D eigenvalue weighted by molar-refractivity contribution is -0.137. The van der Waals surface area contributed by atoms with Crippen LogP contribution in [-0.4, -0.2) is 64.0 Å². The van der Waals surface area contributed by atoms with E-state index in [1.807, 2.05) is 0 Å². The average molecular weight is 531 g/mol. The van der Waals surface area contributed by atoms with Crippen molar-refractivity contribution >= 4 is 29.6 Å². The highest BCUT2D eigenvalue weighted by Gasteiger charge is 2.34. The van der Waals surface area contributed by atoms with Crippen molar-refractivity contribution in [1.29, 1.82) is 0 Å². The van der Waals surface area contributed by atoms with Gasteiger partial charge >= 0.3 is 5.97 Å². The van der Waals surface area contributed by atoms with Crippen molar-refractivity contribution in [1.82, 2.24) is 21.3 Å². The highest BCUT2D eigenvalue weighted by molar-refractivity contribution is 5.95. The second kappa shape index (κ2) is 14.2. The van der Waals surface area contributed by atoms with Crippen molar-refractivity contribution in [2.24, 2.45) is 11.8 Å². The van der Waals surface area contributed by atoms with Gasteiger partial charge in [-0.2, -0.15) is 0 Å². The van der Waals surface area contributed by atoms with E-state index < -0.39 is 59.7 Å². The lowest BCUT2D eigenvalue weighted by Crippen LogP contribution is -2.56. The number of phenolic OH excluding ortho intramolecular Hbond substituents is 1. The molecule has 0 aromatic heterocycles. The van der Waals surface area contributed by atoms with E-state index in [0.717, 1.165) is 0 Å². The summed E-state index contributed by atoms with van der Waals surface area (Å²) in [5.74, 6) is -3.93. The van der Waals surface area contributed by atoms with Crippen LogP contribution in [0.5, 0.6) is 5.75 Å². The van der Waals surface area contributed by atoms with E-state index in [4.69, 9.17) is 5.11 Å². The van der Waals surface area contributed by atoms with Crippen LogP contribution in [-0.2, 0) is 30.4 Å². The smallest absolute Gasteiger partial charge is 0.303 e. The number of aromatic hydroxyl groups is 1. The molecule has 208 valence electrons. The first-order valence-corrected chi connectivity index (χ1v) is 12.7. The van der Waals surface area contributed by atoms with Gasteiger partial charge in [0.05, 0.1) is 5.92 Å². The van der Waals surface area contributed by atoms with Gasteiger partial charge in [-0.1, -0.05) is 45.1 Å². The largest absolute Gasteiger partial charge is 0.508 e. The Bertz CT molecular complexity index is 1040. The van der Waals surface area contributed by atoms with Crippen LogP contribution in [0.3, 0.4) is 0 Å². The molecule has 11 nitrogen and oxygen atoms in total. The SMILES string of the molecule is CC(C)C1NC(=O)[C@@H](C)[C@@H](C/C=C\CCC(=O)O)NC(=O)[C@@H](Cc2ccc(O)cc2)NC(=O)[C@@H](C)NC1=O. The molecule has 0 saturated carbocycles. The third-order valence-corrected chi connectivity index (χ3v) is 6.43. The number of phenols is 1. The van der Waals surface area contributed by atoms with E-state index in [9.17, 15) is 29.1 Å². The minimum absolute atomic E-state index is 0.0480. The van der Waals surface area contributed by atoms with Crippen LogP contribution in [0.15, 0.2) is 36.4 Å².